The number of nitrogens with two attached hydrogens (primary N) is 1. The molecule has 3 atom stereocenters. The SMILES string of the molecule is CCCNC(=O)CC(CN)NC1CCCCC1CO. The summed E-state index contributed by atoms with van der Waals surface area (Å²) in [6.07, 6.45) is 5.87. The maximum absolute atomic E-state index is 11.7. The predicted octanol–water partition coefficient (Wildman–Crippen LogP) is 0.371. The lowest BCUT2D eigenvalue weighted by Crippen LogP contribution is -2.50. The van der Waals surface area contributed by atoms with Gasteiger partial charge in [0.25, 0.3) is 0 Å². The molecule has 0 saturated heterocycles. The van der Waals surface area contributed by atoms with E-state index in [2.05, 4.69) is 10.6 Å². The third kappa shape index (κ3) is 5.89. The summed E-state index contributed by atoms with van der Waals surface area (Å²) in [5.41, 5.74) is 5.75. The Hall–Kier alpha value is -0.650. The smallest absolute Gasteiger partial charge is 0.221 e. The molecule has 0 aromatic heterocycles. The zero-order valence-corrected chi connectivity index (χ0v) is 12.0. The van der Waals surface area contributed by atoms with E-state index in [0.29, 0.717) is 24.9 Å². The van der Waals surface area contributed by atoms with Gasteiger partial charge in [-0.2, -0.15) is 0 Å². The minimum Gasteiger partial charge on any atom is -0.396 e. The molecule has 1 rings (SSSR count). The number of carbonyl (C=O) groups excluding carboxylic acids is 1. The molecule has 1 amide bonds. The Balaban J connectivity index is 2.39. The monoisotopic (exact) mass is 271 g/mol. The highest BCUT2D eigenvalue weighted by Gasteiger charge is 2.26. The zero-order valence-electron chi connectivity index (χ0n) is 12.0. The molecule has 0 aliphatic heterocycles. The van der Waals surface area contributed by atoms with Crippen molar-refractivity contribution >= 4 is 5.91 Å². The van der Waals surface area contributed by atoms with E-state index < -0.39 is 0 Å². The number of hydrogen-bond acceptors (Lipinski definition) is 4. The number of amides is 1. The van der Waals surface area contributed by atoms with E-state index in [0.717, 1.165) is 25.8 Å². The maximum Gasteiger partial charge on any atom is 0.221 e. The van der Waals surface area contributed by atoms with E-state index in [1.54, 1.807) is 0 Å². The molecular formula is C14H29N3O2. The van der Waals surface area contributed by atoms with Crippen LogP contribution in [-0.4, -0.2) is 42.8 Å². The molecule has 1 aliphatic rings. The minimum atomic E-state index is 0.00834. The minimum absolute atomic E-state index is 0.00834. The van der Waals surface area contributed by atoms with Crippen LogP contribution in [0.1, 0.15) is 45.4 Å². The molecule has 0 bridgehead atoms. The molecule has 0 radical (unpaired) electrons. The Bertz CT molecular complexity index is 261. The number of nitrogens with one attached hydrogen (secondary N) is 2. The molecule has 19 heavy (non-hydrogen) atoms. The third-order valence-electron chi connectivity index (χ3n) is 3.88. The van der Waals surface area contributed by atoms with Gasteiger partial charge in [0, 0.05) is 38.2 Å². The molecule has 5 nitrogen and oxygen atoms in total. The highest BCUT2D eigenvalue weighted by molar-refractivity contribution is 5.76. The van der Waals surface area contributed by atoms with Crippen molar-refractivity contribution in [1.29, 1.82) is 0 Å². The Kier molecular flexibility index (Phi) is 8.02. The second kappa shape index (κ2) is 9.28. The van der Waals surface area contributed by atoms with Crippen LogP contribution in [0.3, 0.4) is 0 Å². The number of rotatable bonds is 8. The number of aliphatic hydroxyl groups is 1. The van der Waals surface area contributed by atoms with E-state index >= 15 is 0 Å². The molecule has 5 heteroatoms. The van der Waals surface area contributed by atoms with Crippen molar-refractivity contribution in [2.75, 3.05) is 19.7 Å². The maximum atomic E-state index is 11.7. The van der Waals surface area contributed by atoms with Crippen LogP contribution < -0.4 is 16.4 Å². The number of carbonyl (C=O) groups is 1. The summed E-state index contributed by atoms with van der Waals surface area (Å²) in [5, 5.41) is 15.7. The molecule has 1 aliphatic carbocycles. The summed E-state index contributed by atoms with van der Waals surface area (Å²) >= 11 is 0. The fourth-order valence-electron chi connectivity index (χ4n) is 2.72. The van der Waals surface area contributed by atoms with Gasteiger partial charge in [-0.15, -0.1) is 0 Å². The molecule has 112 valence electrons. The molecule has 0 aromatic rings. The number of aliphatic hydroxyl groups excluding tert-OH is 1. The van der Waals surface area contributed by atoms with Gasteiger partial charge in [0.2, 0.25) is 5.91 Å². The summed E-state index contributed by atoms with van der Waals surface area (Å²) in [6, 6.07) is 0.306. The fraction of sp³-hybridized carbons (Fsp3) is 0.929. The van der Waals surface area contributed by atoms with E-state index in [1.807, 2.05) is 6.92 Å². The van der Waals surface area contributed by atoms with Crippen LogP contribution in [0.2, 0.25) is 0 Å². The van der Waals surface area contributed by atoms with Gasteiger partial charge in [0.15, 0.2) is 0 Å². The van der Waals surface area contributed by atoms with Crippen LogP contribution in [0.4, 0.5) is 0 Å². The normalized spacial score (nSPS) is 25.0. The second-order valence-electron chi connectivity index (χ2n) is 5.49. The second-order valence-corrected chi connectivity index (χ2v) is 5.49. The van der Waals surface area contributed by atoms with E-state index in [4.69, 9.17) is 5.73 Å². The van der Waals surface area contributed by atoms with Gasteiger partial charge in [0.05, 0.1) is 0 Å². The Morgan fingerprint density at radius 3 is 2.79 bits per heavy atom. The first-order chi connectivity index (χ1) is 9.21. The standard InChI is InChI=1S/C14H29N3O2/c1-2-7-16-14(19)8-12(9-15)17-13-6-4-3-5-11(13)10-18/h11-13,17-18H,2-10,15H2,1H3,(H,16,19). The van der Waals surface area contributed by atoms with Crippen LogP contribution in [-0.2, 0) is 4.79 Å². The highest BCUT2D eigenvalue weighted by Crippen LogP contribution is 2.24. The molecule has 3 unspecified atom stereocenters. The van der Waals surface area contributed by atoms with Crippen molar-refractivity contribution < 1.29 is 9.90 Å². The zero-order chi connectivity index (χ0) is 14.1. The number of hydrogen-bond donors (Lipinski definition) is 4. The van der Waals surface area contributed by atoms with Crippen LogP contribution in [0.15, 0.2) is 0 Å². The summed E-state index contributed by atoms with van der Waals surface area (Å²) in [4.78, 5) is 11.7. The molecule has 5 N–H and O–H groups in total. The van der Waals surface area contributed by atoms with Crippen molar-refractivity contribution in [2.24, 2.45) is 11.7 Å². The first-order valence-electron chi connectivity index (χ1n) is 7.54. The molecule has 0 heterocycles. The van der Waals surface area contributed by atoms with Gasteiger partial charge in [-0.25, -0.2) is 0 Å². The van der Waals surface area contributed by atoms with E-state index in [-0.39, 0.29) is 18.6 Å². The lowest BCUT2D eigenvalue weighted by molar-refractivity contribution is -0.121. The van der Waals surface area contributed by atoms with Gasteiger partial charge in [-0.05, 0) is 25.2 Å². The lowest BCUT2D eigenvalue weighted by Gasteiger charge is -2.34. The van der Waals surface area contributed by atoms with E-state index in [9.17, 15) is 9.90 Å². The third-order valence-corrected chi connectivity index (χ3v) is 3.88. The van der Waals surface area contributed by atoms with Crippen molar-refractivity contribution in [3.05, 3.63) is 0 Å². The molecule has 1 fully saturated rings. The molecule has 0 spiro atoms. The summed E-state index contributed by atoms with van der Waals surface area (Å²) in [7, 11) is 0. The summed E-state index contributed by atoms with van der Waals surface area (Å²) in [6.45, 7) is 3.43. The van der Waals surface area contributed by atoms with Gasteiger partial charge in [0.1, 0.15) is 0 Å². The van der Waals surface area contributed by atoms with Gasteiger partial charge in [-0.3, -0.25) is 4.79 Å². The molecule has 1 saturated carbocycles. The lowest BCUT2D eigenvalue weighted by atomic mass is 9.84. The largest absolute Gasteiger partial charge is 0.396 e. The van der Waals surface area contributed by atoms with Crippen LogP contribution in [0, 0.1) is 5.92 Å². The van der Waals surface area contributed by atoms with Crippen molar-refractivity contribution in [1.82, 2.24) is 10.6 Å². The predicted molar refractivity (Wildman–Crippen MR) is 76.7 cm³/mol. The van der Waals surface area contributed by atoms with Crippen LogP contribution >= 0.6 is 0 Å². The summed E-state index contributed by atoms with van der Waals surface area (Å²) in [5.74, 6) is 0.364. The average molecular weight is 271 g/mol. The average Bonchev–Trinajstić information content (AvgIpc) is 2.44. The first kappa shape index (κ1) is 16.4. The quantitative estimate of drug-likeness (QED) is 0.514. The van der Waals surface area contributed by atoms with Gasteiger partial charge < -0.3 is 21.5 Å². The molecular weight excluding hydrogens is 242 g/mol. The van der Waals surface area contributed by atoms with Gasteiger partial charge >= 0.3 is 0 Å². The topological polar surface area (TPSA) is 87.4 Å². The van der Waals surface area contributed by atoms with E-state index in [1.165, 1.54) is 12.8 Å². The highest BCUT2D eigenvalue weighted by atomic mass is 16.3. The summed E-state index contributed by atoms with van der Waals surface area (Å²) < 4.78 is 0. The van der Waals surface area contributed by atoms with Crippen LogP contribution in [0.5, 0.6) is 0 Å². The van der Waals surface area contributed by atoms with Crippen molar-refractivity contribution in [2.45, 2.75) is 57.5 Å². The Morgan fingerprint density at radius 2 is 2.16 bits per heavy atom. The van der Waals surface area contributed by atoms with Crippen molar-refractivity contribution in [3.8, 4) is 0 Å². The molecule has 0 aromatic carbocycles. The fourth-order valence-corrected chi connectivity index (χ4v) is 2.72. The Labute approximate surface area is 116 Å². The van der Waals surface area contributed by atoms with Gasteiger partial charge in [-0.1, -0.05) is 19.8 Å². The Morgan fingerprint density at radius 1 is 1.42 bits per heavy atom. The van der Waals surface area contributed by atoms with Crippen LogP contribution in [0.25, 0.3) is 0 Å². The first-order valence-corrected chi connectivity index (χ1v) is 7.54. The van der Waals surface area contributed by atoms with Crippen molar-refractivity contribution in [3.63, 3.8) is 0 Å².